The zero-order valence-electron chi connectivity index (χ0n) is 19.6. The highest BCUT2D eigenvalue weighted by molar-refractivity contribution is 7.92. The largest absolute Gasteiger partial charge is 0.490 e. The van der Waals surface area contributed by atoms with E-state index < -0.39 is 43.6 Å². The van der Waals surface area contributed by atoms with Crippen molar-refractivity contribution >= 4 is 27.5 Å². The van der Waals surface area contributed by atoms with Crippen LogP contribution in [0.2, 0.25) is 5.02 Å². The Balaban J connectivity index is 1.61. The third kappa shape index (κ3) is 5.03. The van der Waals surface area contributed by atoms with E-state index in [9.17, 15) is 17.6 Å². The molecule has 7 nitrogen and oxygen atoms in total. The van der Waals surface area contributed by atoms with E-state index in [1.54, 1.807) is 0 Å². The number of halogens is 3. The van der Waals surface area contributed by atoms with E-state index in [1.165, 1.54) is 29.2 Å². The Bertz CT molecular complexity index is 1200. The number of aliphatic hydroxyl groups excluding tert-OH is 1. The standard InChI is InChI=1S/C25H28ClF2NO6S/c26-18-1-3-19(4-2-18)36(32,33)25(10-15-34-23-21(28)6-5-20(27)22(23)25)11-16-35-24(31)29-12-7-17(8-13-29)9-14-30/h1-6,17,30H,7-16H2. The lowest BCUT2D eigenvalue weighted by molar-refractivity contribution is 0.0792. The molecule has 0 saturated carbocycles. The third-order valence-electron chi connectivity index (χ3n) is 7.05. The molecule has 0 aliphatic carbocycles. The highest BCUT2D eigenvalue weighted by Gasteiger charge is 2.52. The topological polar surface area (TPSA) is 93.1 Å². The van der Waals surface area contributed by atoms with Gasteiger partial charge in [-0.3, -0.25) is 0 Å². The van der Waals surface area contributed by atoms with Crippen LogP contribution < -0.4 is 4.74 Å². The van der Waals surface area contributed by atoms with Crippen LogP contribution in [0.3, 0.4) is 0 Å². The zero-order chi connectivity index (χ0) is 25.9. The number of hydrogen-bond acceptors (Lipinski definition) is 6. The van der Waals surface area contributed by atoms with Crippen molar-refractivity contribution in [2.75, 3.05) is 32.9 Å². The van der Waals surface area contributed by atoms with Crippen molar-refractivity contribution in [3.63, 3.8) is 0 Å². The fraction of sp³-hybridized carbons (Fsp3) is 0.480. The average molecular weight is 544 g/mol. The maximum absolute atomic E-state index is 15.2. The fourth-order valence-corrected chi connectivity index (χ4v) is 7.25. The molecule has 0 spiro atoms. The molecule has 0 radical (unpaired) electrons. The molecule has 2 aromatic rings. The van der Waals surface area contributed by atoms with Gasteiger partial charge in [-0.15, -0.1) is 0 Å². The van der Waals surface area contributed by atoms with E-state index in [0.29, 0.717) is 30.5 Å². The van der Waals surface area contributed by atoms with E-state index in [-0.39, 0.29) is 37.6 Å². The summed E-state index contributed by atoms with van der Waals surface area (Å²) in [4.78, 5) is 14.1. The monoisotopic (exact) mass is 543 g/mol. The van der Waals surface area contributed by atoms with Gasteiger partial charge in [0.1, 0.15) is 10.6 Å². The molecule has 36 heavy (non-hydrogen) atoms. The Morgan fingerprint density at radius 1 is 1.14 bits per heavy atom. The van der Waals surface area contributed by atoms with Gasteiger partial charge in [0.25, 0.3) is 0 Å². The molecule has 2 aliphatic rings. The van der Waals surface area contributed by atoms with Gasteiger partial charge >= 0.3 is 6.09 Å². The Labute approximate surface area is 213 Å². The lowest BCUT2D eigenvalue weighted by atomic mass is 9.88. The molecule has 1 unspecified atom stereocenters. The van der Waals surface area contributed by atoms with Crippen molar-refractivity contribution < 1.29 is 36.6 Å². The first kappa shape index (κ1) is 26.6. The van der Waals surface area contributed by atoms with Crippen molar-refractivity contribution in [1.82, 2.24) is 4.90 Å². The predicted octanol–water partition coefficient (Wildman–Crippen LogP) is 4.69. The number of likely N-dealkylation sites (tertiary alicyclic amines) is 1. The predicted molar refractivity (Wildman–Crippen MR) is 129 cm³/mol. The summed E-state index contributed by atoms with van der Waals surface area (Å²) in [6.07, 6.45) is 1.11. The molecule has 11 heteroatoms. The average Bonchev–Trinajstić information content (AvgIpc) is 2.87. The number of aliphatic hydroxyl groups is 1. The molecule has 0 bridgehead atoms. The van der Waals surface area contributed by atoms with Crippen LogP contribution in [0.4, 0.5) is 13.6 Å². The molecule has 1 N–H and O–H groups in total. The maximum Gasteiger partial charge on any atom is 0.409 e. The van der Waals surface area contributed by atoms with Crippen molar-refractivity contribution in [1.29, 1.82) is 0 Å². The number of piperidine rings is 1. The molecule has 1 amide bonds. The van der Waals surface area contributed by atoms with Crippen LogP contribution in [0.5, 0.6) is 5.75 Å². The minimum Gasteiger partial charge on any atom is -0.490 e. The molecular weight excluding hydrogens is 516 g/mol. The van der Waals surface area contributed by atoms with Gasteiger partial charge < -0.3 is 19.5 Å². The number of amides is 1. The van der Waals surface area contributed by atoms with Crippen molar-refractivity contribution in [3.8, 4) is 5.75 Å². The van der Waals surface area contributed by atoms with Gasteiger partial charge in [0.15, 0.2) is 21.4 Å². The third-order valence-corrected chi connectivity index (χ3v) is 9.83. The number of ether oxygens (including phenoxy) is 2. The molecular formula is C25H28ClF2NO6S. The zero-order valence-corrected chi connectivity index (χ0v) is 21.2. The van der Waals surface area contributed by atoms with Gasteiger partial charge in [0, 0.05) is 37.6 Å². The second-order valence-electron chi connectivity index (χ2n) is 9.09. The second-order valence-corrected chi connectivity index (χ2v) is 11.8. The van der Waals surface area contributed by atoms with Crippen LogP contribution in [0, 0.1) is 17.6 Å². The molecule has 1 fully saturated rings. The van der Waals surface area contributed by atoms with E-state index in [1.807, 2.05) is 0 Å². The molecule has 1 saturated heterocycles. The SMILES string of the molecule is O=C(OCCC1(S(=O)(=O)c2ccc(Cl)cc2)CCOc2c(F)ccc(F)c21)N1CCC(CCO)CC1. The van der Waals surface area contributed by atoms with Crippen molar-refractivity contribution in [2.24, 2.45) is 5.92 Å². The summed E-state index contributed by atoms with van der Waals surface area (Å²) in [6.45, 7) is 0.550. The first-order valence-corrected chi connectivity index (χ1v) is 13.7. The number of hydrogen-bond donors (Lipinski definition) is 1. The van der Waals surface area contributed by atoms with E-state index in [2.05, 4.69) is 0 Å². The van der Waals surface area contributed by atoms with Crippen LogP contribution in [-0.4, -0.2) is 57.4 Å². The Hall–Kier alpha value is -2.43. The number of carbonyl (C=O) groups is 1. The molecule has 2 aromatic carbocycles. The smallest absolute Gasteiger partial charge is 0.409 e. The highest BCUT2D eigenvalue weighted by atomic mass is 35.5. The first-order chi connectivity index (χ1) is 17.2. The Morgan fingerprint density at radius 2 is 1.81 bits per heavy atom. The number of nitrogens with zero attached hydrogens (tertiary/aromatic N) is 1. The van der Waals surface area contributed by atoms with E-state index in [4.69, 9.17) is 26.2 Å². The van der Waals surface area contributed by atoms with E-state index in [0.717, 1.165) is 25.0 Å². The molecule has 4 rings (SSSR count). The van der Waals surface area contributed by atoms with Crippen LogP contribution >= 0.6 is 11.6 Å². The maximum atomic E-state index is 15.2. The summed E-state index contributed by atoms with van der Waals surface area (Å²) >= 11 is 5.93. The first-order valence-electron chi connectivity index (χ1n) is 11.8. The van der Waals surface area contributed by atoms with Crippen LogP contribution in [0.15, 0.2) is 41.3 Å². The lowest BCUT2D eigenvalue weighted by Gasteiger charge is -2.38. The fourth-order valence-electron chi connectivity index (χ4n) is 5.02. The summed E-state index contributed by atoms with van der Waals surface area (Å²) < 4.78 is 66.6. The van der Waals surface area contributed by atoms with Gasteiger partial charge in [0.05, 0.1) is 23.7 Å². The highest BCUT2D eigenvalue weighted by Crippen LogP contribution is 2.50. The van der Waals surface area contributed by atoms with Crippen molar-refractivity contribution in [2.45, 2.75) is 41.7 Å². The van der Waals surface area contributed by atoms with Gasteiger partial charge in [0.2, 0.25) is 0 Å². The lowest BCUT2D eigenvalue weighted by Crippen LogP contribution is -2.44. The normalized spacial score (nSPS) is 20.5. The summed E-state index contributed by atoms with van der Waals surface area (Å²) in [5.41, 5.74) is -0.399. The number of sulfone groups is 1. The van der Waals surface area contributed by atoms with Crippen molar-refractivity contribution in [3.05, 3.63) is 58.6 Å². The minimum atomic E-state index is -4.30. The van der Waals surface area contributed by atoms with Gasteiger partial charge in [-0.2, -0.15) is 0 Å². The van der Waals surface area contributed by atoms with Crippen LogP contribution in [0.25, 0.3) is 0 Å². The number of benzene rings is 2. The van der Waals surface area contributed by atoms with Gasteiger partial charge in [-0.25, -0.2) is 22.0 Å². The second kappa shape index (κ2) is 10.9. The summed E-state index contributed by atoms with van der Waals surface area (Å²) in [7, 11) is -4.30. The molecule has 2 heterocycles. The molecule has 1 atom stereocenters. The quantitative estimate of drug-likeness (QED) is 0.544. The Morgan fingerprint density at radius 3 is 2.47 bits per heavy atom. The summed E-state index contributed by atoms with van der Waals surface area (Å²) in [6, 6.07) is 7.20. The minimum absolute atomic E-state index is 0.0988. The number of fused-ring (bicyclic) bond motifs is 1. The summed E-state index contributed by atoms with van der Waals surface area (Å²) in [5.74, 6) is -1.90. The molecule has 196 valence electrons. The number of carbonyl (C=O) groups excluding carboxylic acids is 1. The van der Waals surface area contributed by atoms with E-state index >= 15 is 4.39 Å². The van der Waals surface area contributed by atoms with Crippen LogP contribution in [0.1, 0.15) is 37.7 Å². The molecule has 2 aliphatic heterocycles. The Kier molecular flexibility index (Phi) is 8.06. The molecule has 0 aromatic heterocycles. The van der Waals surface area contributed by atoms with Gasteiger partial charge in [-0.05, 0) is 61.6 Å². The number of rotatable bonds is 7. The van der Waals surface area contributed by atoms with Gasteiger partial charge in [-0.1, -0.05) is 11.6 Å². The van der Waals surface area contributed by atoms with Crippen LogP contribution in [-0.2, 0) is 19.3 Å². The summed E-state index contributed by atoms with van der Waals surface area (Å²) in [5, 5.41) is 9.43.